The Bertz CT molecular complexity index is 664. The van der Waals surface area contributed by atoms with Crippen LogP contribution in [0.1, 0.15) is 28.3 Å². The highest BCUT2D eigenvalue weighted by Gasteiger charge is 2.14. The number of aryl methyl sites for hydroxylation is 1. The van der Waals surface area contributed by atoms with Gasteiger partial charge in [0.25, 0.3) is 0 Å². The molecule has 2 heterocycles. The molecule has 0 bridgehead atoms. The molecule has 0 aliphatic heterocycles. The van der Waals surface area contributed by atoms with Crippen molar-refractivity contribution in [2.24, 2.45) is 0 Å². The number of nitrogens with zero attached hydrogens (tertiary/aromatic N) is 2. The van der Waals surface area contributed by atoms with E-state index in [4.69, 9.17) is 4.42 Å². The largest absolute Gasteiger partial charge is 0.424 e. The first-order valence-electron chi connectivity index (χ1n) is 6.91. The van der Waals surface area contributed by atoms with Gasteiger partial charge in [-0.15, -0.1) is 21.5 Å². The molecule has 21 heavy (non-hydrogen) atoms. The molecule has 5 heteroatoms. The van der Waals surface area contributed by atoms with Crippen molar-refractivity contribution in [2.45, 2.75) is 25.9 Å². The molecule has 2 aromatic heterocycles. The molecule has 3 rings (SSSR count). The summed E-state index contributed by atoms with van der Waals surface area (Å²) in [7, 11) is 0. The number of hydrogen-bond acceptors (Lipinski definition) is 5. The molecule has 1 unspecified atom stereocenters. The topological polar surface area (TPSA) is 51.0 Å². The van der Waals surface area contributed by atoms with Crippen molar-refractivity contribution in [3.63, 3.8) is 0 Å². The molecule has 108 valence electrons. The number of hydrogen-bond donors (Lipinski definition) is 1. The van der Waals surface area contributed by atoms with Crippen LogP contribution in [0.2, 0.25) is 0 Å². The lowest BCUT2D eigenvalue weighted by Crippen LogP contribution is -2.22. The van der Waals surface area contributed by atoms with Gasteiger partial charge in [0.15, 0.2) is 0 Å². The van der Waals surface area contributed by atoms with E-state index in [0.717, 1.165) is 6.42 Å². The average Bonchev–Trinajstić information content (AvgIpc) is 3.16. The van der Waals surface area contributed by atoms with Gasteiger partial charge in [-0.1, -0.05) is 36.4 Å². The molecule has 0 fully saturated rings. The molecule has 1 N–H and O–H groups in total. The van der Waals surface area contributed by atoms with E-state index in [1.807, 2.05) is 6.07 Å². The highest BCUT2D eigenvalue weighted by Crippen LogP contribution is 2.23. The monoisotopic (exact) mass is 299 g/mol. The summed E-state index contributed by atoms with van der Waals surface area (Å²) in [6, 6.07) is 15.0. The molecule has 1 aromatic carbocycles. The lowest BCUT2D eigenvalue weighted by atomic mass is 10.0. The molecule has 0 radical (unpaired) electrons. The summed E-state index contributed by atoms with van der Waals surface area (Å²) >= 11 is 1.76. The molecule has 0 saturated heterocycles. The minimum absolute atomic E-state index is 0.250. The third-order valence-corrected chi connectivity index (χ3v) is 4.22. The molecular formula is C16H17N3OS. The van der Waals surface area contributed by atoms with Crippen LogP contribution in [-0.2, 0) is 13.0 Å². The van der Waals surface area contributed by atoms with Crippen molar-refractivity contribution in [1.29, 1.82) is 0 Å². The Labute approximate surface area is 127 Å². The fourth-order valence-corrected chi connectivity index (χ4v) is 3.03. The van der Waals surface area contributed by atoms with Gasteiger partial charge < -0.3 is 9.73 Å². The van der Waals surface area contributed by atoms with E-state index in [2.05, 4.69) is 57.3 Å². The van der Waals surface area contributed by atoms with E-state index < -0.39 is 0 Å². The van der Waals surface area contributed by atoms with E-state index in [0.29, 0.717) is 18.3 Å². The normalized spacial score (nSPS) is 12.4. The zero-order chi connectivity index (χ0) is 14.5. The Morgan fingerprint density at radius 3 is 2.67 bits per heavy atom. The fraction of sp³-hybridized carbons (Fsp3) is 0.250. The van der Waals surface area contributed by atoms with Crippen molar-refractivity contribution in [3.8, 4) is 0 Å². The first-order valence-corrected chi connectivity index (χ1v) is 7.79. The van der Waals surface area contributed by atoms with Crippen LogP contribution in [0.15, 0.2) is 52.3 Å². The lowest BCUT2D eigenvalue weighted by molar-refractivity contribution is 0.423. The fourth-order valence-electron chi connectivity index (χ4n) is 2.23. The van der Waals surface area contributed by atoms with Crippen LogP contribution in [0.3, 0.4) is 0 Å². The van der Waals surface area contributed by atoms with Crippen LogP contribution >= 0.6 is 11.3 Å². The van der Waals surface area contributed by atoms with Gasteiger partial charge in [0.05, 0.1) is 6.54 Å². The molecule has 0 aliphatic carbocycles. The summed E-state index contributed by atoms with van der Waals surface area (Å²) in [5, 5.41) is 13.5. The molecule has 3 aromatic rings. The van der Waals surface area contributed by atoms with Gasteiger partial charge in [0, 0.05) is 17.8 Å². The third-order valence-electron chi connectivity index (χ3n) is 3.24. The Balaban J connectivity index is 1.70. The second-order valence-corrected chi connectivity index (χ2v) is 5.83. The molecule has 4 nitrogen and oxygen atoms in total. The van der Waals surface area contributed by atoms with Crippen LogP contribution in [0.5, 0.6) is 0 Å². The summed E-state index contributed by atoms with van der Waals surface area (Å²) in [5.41, 5.74) is 1.31. The van der Waals surface area contributed by atoms with E-state index in [9.17, 15) is 0 Å². The van der Waals surface area contributed by atoms with Crippen LogP contribution in [0, 0.1) is 6.92 Å². The molecule has 1 atom stereocenters. The molecule has 0 spiro atoms. The molecule has 0 amide bonds. The van der Waals surface area contributed by atoms with Gasteiger partial charge >= 0.3 is 0 Å². The van der Waals surface area contributed by atoms with E-state index in [1.165, 1.54) is 10.4 Å². The third kappa shape index (κ3) is 3.77. The summed E-state index contributed by atoms with van der Waals surface area (Å²) < 4.78 is 5.42. The Morgan fingerprint density at radius 2 is 2.00 bits per heavy atom. The zero-order valence-corrected chi connectivity index (χ0v) is 12.6. The average molecular weight is 299 g/mol. The summed E-state index contributed by atoms with van der Waals surface area (Å²) in [5.74, 6) is 1.23. The van der Waals surface area contributed by atoms with E-state index in [1.54, 1.807) is 18.3 Å². The molecule has 0 saturated carbocycles. The number of benzene rings is 1. The van der Waals surface area contributed by atoms with Gasteiger partial charge in [0.1, 0.15) is 0 Å². The second kappa shape index (κ2) is 6.65. The van der Waals surface area contributed by atoms with Gasteiger partial charge in [-0.2, -0.15) is 0 Å². The maximum atomic E-state index is 5.42. The number of rotatable bonds is 6. The maximum absolute atomic E-state index is 5.42. The smallest absolute Gasteiger partial charge is 0.230 e. The van der Waals surface area contributed by atoms with Crippen molar-refractivity contribution in [2.75, 3.05) is 0 Å². The van der Waals surface area contributed by atoms with Crippen molar-refractivity contribution >= 4 is 11.3 Å². The molecule has 0 aliphatic rings. The van der Waals surface area contributed by atoms with Crippen LogP contribution < -0.4 is 5.32 Å². The zero-order valence-electron chi connectivity index (χ0n) is 11.8. The van der Waals surface area contributed by atoms with Crippen molar-refractivity contribution < 1.29 is 4.42 Å². The Kier molecular flexibility index (Phi) is 4.43. The standard InChI is InChI=1S/C16H17N3OS/c1-12-18-19-16(20-12)11-17-14(15-8-5-9-21-15)10-13-6-3-2-4-7-13/h2-9,14,17H,10-11H2,1H3. The minimum atomic E-state index is 0.250. The van der Waals surface area contributed by atoms with Gasteiger partial charge in [0.2, 0.25) is 11.8 Å². The maximum Gasteiger partial charge on any atom is 0.230 e. The highest BCUT2D eigenvalue weighted by atomic mass is 32.1. The van der Waals surface area contributed by atoms with E-state index >= 15 is 0 Å². The van der Waals surface area contributed by atoms with Gasteiger partial charge in [-0.05, 0) is 23.4 Å². The minimum Gasteiger partial charge on any atom is -0.424 e. The second-order valence-electron chi connectivity index (χ2n) is 4.85. The van der Waals surface area contributed by atoms with Crippen LogP contribution in [0.25, 0.3) is 0 Å². The van der Waals surface area contributed by atoms with Crippen LogP contribution in [0.4, 0.5) is 0 Å². The van der Waals surface area contributed by atoms with Gasteiger partial charge in [-0.3, -0.25) is 0 Å². The Morgan fingerprint density at radius 1 is 1.14 bits per heavy atom. The van der Waals surface area contributed by atoms with Crippen molar-refractivity contribution in [1.82, 2.24) is 15.5 Å². The summed E-state index contributed by atoms with van der Waals surface area (Å²) in [6.45, 7) is 2.38. The van der Waals surface area contributed by atoms with Crippen molar-refractivity contribution in [3.05, 3.63) is 70.1 Å². The molecular weight excluding hydrogens is 282 g/mol. The Hall–Kier alpha value is -1.98. The number of aromatic nitrogens is 2. The SMILES string of the molecule is Cc1nnc(CNC(Cc2ccccc2)c2cccs2)o1. The number of thiophene rings is 1. The highest BCUT2D eigenvalue weighted by molar-refractivity contribution is 7.10. The predicted octanol–water partition coefficient (Wildman–Crippen LogP) is 3.51. The van der Waals surface area contributed by atoms with E-state index in [-0.39, 0.29) is 6.04 Å². The lowest BCUT2D eigenvalue weighted by Gasteiger charge is -2.16. The first-order chi connectivity index (χ1) is 10.3. The summed E-state index contributed by atoms with van der Waals surface area (Å²) in [6.07, 6.45) is 0.939. The quantitative estimate of drug-likeness (QED) is 0.756. The summed E-state index contributed by atoms with van der Waals surface area (Å²) in [4.78, 5) is 1.31. The predicted molar refractivity (Wildman–Crippen MR) is 83.1 cm³/mol. The van der Waals surface area contributed by atoms with Crippen LogP contribution in [-0.4, -0.2) is 10.2 Å². The van der Waals surface area contributed by atoms with Gasteiger partial charge in [-0.25, -0.2) is 0 Å². The number of nitrogens with one attached hydrogen (secondary N) is 1. The first kappa shape index (κ1) is 14.0.